The van der Waals surface area contributed by atoms with Gasteiger partial charge in [-0.15, -0.1) is 0 Å². The first-order valence-electron chi connectivity index (χ1n) is 4.67. The van der Waals surface area contributed by atoms with Crippen LogP contribution in [0, 0.1) is 5.92 Å². The van der Waals surface area contributed by atoms with Crippen LogP contribution in [-0.4, -0.2) is 45.0 Å². The van der Waals surface area contributed by atoms with Gasteiger partial charge in [0.2, 0.25) is 5.91 Å². The van der Waals surface area contributed by atoms with Gasteiger partial charge in [0.1, 0.15) is 0 Å². The van der Waals surface area contributed by atoms with Crippen LogP contribution in [0.15, 0.2) is 0 Å². The summed E-state index contributed by atoms with van der Waals surface area (Å²) in [5.74, 6) is -0.0950. The Labute approximate surface area is 85.9 Å². The topological polar surface area (TPSA) is 86.5 Å². The molecule has 14 heavy (non-hydrogen) atoms. The van der Waals surface area contributed by atoms with Crippen LogP contribution in [0.2, 0.25) is 0 Å². The molecule has 1 fully saturated rings. The maximum Gasteiger partial charge on any atom is 0.220 e. The number of rotatable bonds is 4. The van der Waals surface area contributed by atoms with Gasteiger partial charge in [0.05, 0.1) is 0 Å². The van der Waals surface area contributed by atoms with E-state index in [4.69, 9.17) is 5.73 Å². The van der Waals surface area contributed by atoms with Crippen molar-refractivity contribution in [3.8, 4) is 0 Å². The van der Waals surface area contributed by atoms with Crippen LogP contribution in [-0.2, 0) is 15.9 Å². The third-order valence-corrected chi connectivity index (χ3v) is 3.08. The molecule has 0 radical (unpaired) electrons. The van der Waals surface area contributed by atoms with Gasteiger partial charge in [0.15, 0.2) is 0 Å². The molecule has 0 aliphatic carbocycles. The number of nitrogens with zero attached hydrogens (tertiary/aromatic N) is 1. The minimum Gasteiger partial charge on any atom is -0.772 e. The molecule has 1 heterocycles. The molecule has 0 aromatic heterocycles. The fourth-order valence-corrected chi connectivity index (χ4v) is 2.05. The molecule has 1 unspecified atom stereocenters. The number of likely N-dealkylation sites (tertiary alicyclic amines) is 1. The lowest BCUT2D eigenvalue weighted by Crippen LogP contribution is -2.40. The molecule has 6 heteroatoms. The first-order chi connectivity index (χ1) is 6.59. The van der Waals surface area contributed by atoms with E-state index in [2.05, 4.69) is 4.90 Å². The number of carbonyl (C=O) groups is 1. The normalized spacial score (nSPS) is 22.1. The fourth-order valence-electron chi connectivity index (χ4n) is 1.64. The van der Waals surface area contributed by atoms with Crippen molar-refractivity contribution in [2.45, 2.75) is 12.8 Å². The van der Waals surface area contributed by atoms with Crippen LogP contribution in [0.25, 0.3) is 0 Å². The van der Waals surface area contributed by atoms with Gasteiger partial charge in [-0.05, 0) is 25.9 Å². The second-order valence-electron chi connectivity index (χ2n) is 3.53. The van der Waals surface area contributed by atoms with Gasteiger partial charge in [-0.2, -0.15) is 0 Å². The second-order valence-corrected chi connectivity index (χ2v) is 4.54. The summed E-state index contributed by atoms with van der Waals surface area (Å²) in [5.41, 5.74) is 5.18. The Morgan fingerprint density at radius 3 is 2.50 bits per heavy atom. The first kappa shape index (κ1) is 11.6. The van der Waals surface area contributed by atoms with Crippen LogP contribution >= 0.6 is 0 Å². The third kappa shape index (κ3) is 3.73. The van der Waals surface area contributed by atoms with E-state index in [9.17, 15) is 13.6 Å². The molecule has 1 atom stereocenters. The van der Waals surface area contributed by atoms with Crippen molar-refractivity contribution in [1.29, 1.82) is 0 Å². The van der Waals surface area contributed by atoms with Crippen molar-refractivity contribution >= 4 is 17.0 Å². The minimum atomic E-state index is -1.97. The van der Waals surface area contributed by atoms with Gasteiger partial charge in [0.25, 0.3) is 0 Å². The summed E-state index contributed by atoms with van der Waals surface area (Å²) >= 11 is -1.97. The Morgan fingerprint density at radius 1 is 1.50 bits per heavy atom. The summed E-state index contributed by atoms with van der Waals surface area (Å²) in [5, 5.41) is 0. The standard InChI is InChI=1S/C8H16N2O3S/c9-8(11)7-1-3-10(4-2-7)5-6-14(12)13/h7H,1-6H2,(H2,9,11)(H,12,13)/p-1. The highest BCUT2D eigenvalue weighted by Gasteiger charge is 2.22. The zero-order chi connectivity index (χ0) is 10.6. The first-order valence-corrected chi connectivity index (χ1v) is 5.91. The number of hydrogen-bond donors (Lipinski definition) is 1. The average molecular weight is 219 g/mol. The predicted molar refractivity (Wildman–Crippen MR) is 52.1 cm³/mol. The van der Waals surface area contributed by atoms with E-state index in [-0.39, 0.29) is 17.6 Å². The highest BCUT2D eigenvalue weighted by molar-refractivity contribution is 7.79. The number of carbonyl (C=O) groups excluding carboxylic acids is 1. The third-order valence-electron chi connectivity index (χ3n) is 2.56. The lowest BCUT2D eigenvalue weighted by Gasteiger charge is -2.30. The Morgan fingerprint density at radius 2 is 2.07 bits per heavy atom. The van der Waals surface area contributed by atoms with Crippen molar-refractivity contribution in [2.24, 2.45) is 11.7 Å². The van der Waals surface area contributed by atoms with Crippen molar-refractivity contribution in [1.82, 2.24) is 4.90 Å². The van der Waals surface area contributed by atoms with Gasteiger partial charge >= 0.3 is 0 Å². The van der Waals surface area contributed by atoms with Crippen LogP contribution in [0.5, 0.6) is 0 Å². The van der Waals surface area contributed by atoms with E-state index in [0.29, 0.717) is 6.54 Å². The Hall–Kier alpha value is -0.460. The molecular weight excluding hydrogens is 204 g/mol. The van der Waals surface area contributed by atoms with E-state index in [1.807, 2.05) is 0 Å². The van der Waals surface area contributed by atoms with Crippen LogP contribution in [0.1, 0.15) is 12.8 Å². The molecule has 0 aromatic carbocycles. The smallest absolute Gasteiger partial charge is 0.220 e. The molecule has 1 aliphatic heterocycles. The largest absolute Gasteiger partial charge is 0.772 e. The lowest BCUT2D eigenvalue weighted by molar-refractivity contribution is -0.123. The molecule has 1 saturated heterocycles. The van der Waals surface area contributed by atoms with E-state index < -0.39 is 11.1 Å². The molecule has 5 nitrogen and oxygen atoms in total. The summed E-state index contributed by atoms with van der Waals surface area (Å²) in [4.78, 5) is 12.9. The molecule has 0 spiro atoms. The molecule has 1 amide bonds. The maximum atomic E-state index is 10.8. The number of primary amides is 1. The quantitative estimate of drug-likeness (QED) is 0.618. The van der Waals surface area contributed by atoms with Gasteiger partial charge in [-0.3, -0.25) is 9.00 Å². The van der Waals surface area contributed by atoms with E-state index in [0.717, 1.165) is 25.9 Å². The highest BCUT2D eigenvalue weighted by Crippen LogP contribution is 2.15. The Bertz CT molecular complexity index is 227. The monoisotopic (exact) mass is 219 g/mol. The fraction of sp³-hybridized carbons (Fsp3) is 0.875. The van der Waals surface area contributed by atoms with Crippen LogP contribution < -0.4 is 5.73 Å². The predicted octanol–water partition coefficient (Wildman–Crippen LogP) is -0.937. The van der Waals surface area contributed by atoms with Crippen molar-refractivity contribution in [2.75, 3.05) is 25.4 Å². The minimum absolute atomic E-state index is 0.0241. The van der Waals surface area contributed by atoms with E-state index in [1.165, 1.54) is 0 Å². The van der Waals surface area contributed by atoms with Crippen molar-refractivity contribution in [3.63, 3.8) is 0 Å². The molecule has 1 rings (SSSR count). The number of amides is 1. The summed E-state index contributed by atoms with van der Waals surface area (Å²) < 4.78 is 20.6. The van der Waals surface area contributed by atoms with Crippen molar-refractivity contribution < 1.29 is 13.6 Å². The van der Waals surface area contributed by atoms with E-state index >= 15 is 0 Å². The maximum absolute atomic E-state index is 10.8. The van der Waals surface area contributed by atoms with Crippen molar-refractivity contribution in [3.05, 3.63) is 0 Å². The van der Waals surface area contributed by atoms with Crippen LogP contribution in [0.4, 0.5) is 0 Å². The summed E-state index contributed by atoms with van der Waals surface area (Å²) in [6.07, 6.45) is 1.50. The van der Waals surface area contributed by atoms with E-state index in [1.54, 1.807) is 0 Å². The zero-order valence-electron chi connectivity index (χ0n) is 7.98. The molecule has 1 aliphatic rings. The van der Waals surface area contributed by atoms with Gasteiger partial charge in [-0.1, -0.05) is 11.1 Å². The molecule has 0 aromatic rings. The number of piperidine rings is 1. The summed E-state index contributed by atoms with van der Waals surface area (Å²) in [6, 6.07) is 0. The Balaban J connectivity index is 2.22. The van der Waals surface area contributed by atoms with Gasteiger partial charge in [0, 0.05) is 18.2 Å². The summed E-state index contributed by atoms with van der Waals surface area (Å²) in [6.45, 7) is 2.09. The van der Waals surface area contributed by atoms with Gasteiger partial charge < -0.3 is 15.2 Å². The highest BCUT2D eigenvalue weighted by atomic mass is 32.2. The molecule has 0 saturated carbocycles. The molecular formula is C8H15N2O3S-. The molecule has 2 N–H and O–H groups in total. The summed E-state index contributed by atoms with van der Waals surface area (Å²) in [7, 11) is 0. The molecule has 0 bridgehead atoms. The van der Waals surface area contributed by atoms with Crippen LogP contribution in [0.3, 0.4) is 0 Å². The second kappa shape index (κ2) is 5.43. The van der Waals surface area contributed by atoms with Gasteiger partial charge in [-0.25, -0.2) is 0 Å². The SMILES string of the molecule is NC(=O)C1CCN(CCS(=O)[O-])CC1. The molecule has 82 valence electrons. The zero-order valence-corrected chi connectivity index (χ0v) is 8.79. The number of nitrogens with two attached hydrogens (primary N) is 1. The lowest BCUT2D eigenvalue weighted by atomic mass is 9.96. The average Bonchev–Trinajstić information content (AvgIpc) is 2.15. The number of hydrogen-bond acceptors (Lipinski definition) is 4. The Kier molecular flexibility index (Phi) is 4.50.